The molecule has 15 nitrogen and oxygen atoms in total. The number of cyclic esters (lactones) is 4. The van der Waals surface area contributed by atoms with Gasteiger partial charge in [-0.3, -0.25) is 38.4 Å². The molecule has 2 aliphatic heterocycles. The summed E-state index contributed by atoms with van der Waals surface area (Å²) in [5.41, 5.74) is 0. The molecule has 0 radical (unpaired) electrons. The summed E-state index contributed by atoms with van der Waals surface area (Å²) in [6.07, 6.45) is 74.4. The van der Waals surface area contributed by atoms with Crippen LogP contribution in [0.4, 0.5) is 0 Å². The van der Waals surface area contributed by atoms with Gasteiger partial charge in [0.05, 0.1) is 37.2 Å². The van der Waals surface area contributed by atoms with Crippen LogP contribution in [0, 0.1) is 41.4 Å². The second kappa shape index (κ2) is 66.8. The van der Waals surface area contributed by atoms with Crippen molar-refractivity contribution in [2.45, 2.75) is 375 Å². The number of esters is 8. The molecule has 0 spiro atoms. The Labute approximate surface area is 632 Å². The van der Waals surface area contributed by atoms with Gasteiger partial charge in [0.2, 0.25) is 6.79 Å². The van der Waals surface area contributed by atoms with Gasteiger partial charge in [-0.25, -0.2) is 0 Å². The predicted octanol–water partition coefficient (Wildman–Crippen LogP) is 23.3. The first kappa shape index (κ1) is 94.5. The fraction of sp³-hybridized carbons (Fsp3) is 0.775. The monoisotopic (exact) mass is 1460 g/mol. The van der Waals surface area contributed by atoms with Crippen LogP contribution in [0.25, 0.3) is 0 Å². The fourth-order valence-electron chi connectivity index (χ4n) is 13.8. The lowest BCUT2D eigenvalue weighted by molar-refractivity contribution is -0.167. The number of hydrogen-bond donors (Lipinski definition) is 0. The molecule has 0 aromatic carbocycles. The molecule has 0 amide bonds. The summed E-state index contributed by atoms with van der Waals surface area (Å²) >= 11 is 0. The van der Waals surface area contributed by atoms with Gasteiger partial charge in [-0.1, -0.05) is 314 Å². The highest BCUT2D eigenvalue weighted by Gasteiger charge is 2.38. The van der Waals surface area contributed by atoms with Crippen LogP contribution in [0.2, 0.25) is 0 Å². The van der Waals surface area contributed by atoms with Crippen molar-refractivity contribution in [2.24, 2.45) is 41.4 Å². The molecule has 2 rings (SSSR count). The second-order valence-corrected chi connectivity index (χ2v) is 29.9. The van der Waals surface area contributed by atoms with Crippen molar-refractivity contribution < 1.29 is 71.5 Å². The number of unbranched alkanes of at least 4 members (excludes halogenated alkanes) is 33. The first-order valence-electron chi connectivity index (χ1n) is 42.5. The minimum Gasteiger partial charge on any atom is -0.465 e. The summed E-state index contributed by atoms with van der Waals surface area (Å²) in [4.78, 5) is 101. The molecule has 2 fully saturated rings. The molecule has 0 saturated carbocycles. The summed E-state index contributed by atoms with van der Waals surface area (Å²) in [5.74, 6) is -3.58. The van der Waals surface area contributed by atoms with Gasteiger partial charge in [-0.2, -0.15) is 0 Å². The third-order valence-corrected chi connectivity index (χ3v) is 20.7. The third-order valence-electron chi connectivity index (χ3n) is 20.7. The van der Waals surface area contributed by atoms with E-state index in [1.165, 1.54) is 116 Å². The van der Waals surface area contributed by atoms with Crippen LogP contribution in [0.5, 0.6) is 0 Å². The summed E-state index contributed by atoms with van der Waals surface area (Å²) in [6.45, 7) is 12.8. The topological polar surface area (TPSA) is 201 Å². The van der Waals surface area contributed by atoms with Crippen molar-refractivity contribution in [3.8, 4) is 0 Å². The summed E-state index contributed by atoms with van der Waals surface area (Å²) < 4.78 is 38.0. The molecule has 2 saturated heterocycles. The van der Waals surface area contributed by atoms with Crippen LogP contribution < -0.4 is 0 Å². The maximum Gasteiger partial charge on any atom is 0.317 e. The van der Waals surface area contributed by atoms with Crippen molar-refractivity contribution >= 4 is 47.8 Å². The second-order valence-electron chi connectivity index (χ2n) is 29.9. The number of carbonyl (C=O) groups excluding carboxylic acids is 8. The average Bonchev–Trinajstić information content (AvgIpc) is 1.60. The van der Waals surface area contributed by atoms with Crippen LogP contribution in [-0.2, 0) is 71.5 Å². The van der Waals surface area contributed by atoms with E-state index < -0.39 is 47.8 Å². The Morgan fingerprint density at radius 1 is 0.404 bits per heavy atom. The molecule has 104 heavy (non-hydrogen) atoms. The highest BCUT2D eigenvalue weighted by atomic mass is 16.7. The highest BCUT2D eigenvalue weighted by Crippen LogP contribution is 2.32. The van der Waals surface area contributed by atoms with Gasteiger partial charge >= 0.3 is 47.8 Å². The molecule has 594 valence electrons. The molecule has 0 bridgehead atoms. The Hall–Kier alpha value is -5.60. The Kier molecular flexibility index (Phi) is 60.7. The zero-order valence-corrected chi connectivity index (χ0v) is 66.6. The largest absolute Gasteiger partial charge is 0.465 e. The van der Waals surface area contributed by atoms with E-state index in [1.807, 2.05) is 31.2 Å². The van der Waals surface area contributed by atoms with E-state index in [0.29, 0.717) is 38.2 Å². The van der Waals surface area contributed by atoms with Crippen molar-refractivity contribution in [2.75, 3.05) is 26.6 Å². The summed E-state index contributed by atoms with van der Waals surface area (Å²) in [7, 11) is 0. The highest BCUT2D eigenvalue weighted by molar-refractivity contribution is 5.95. The normalized spacial score (nSPS) is 16.9. The van der Waals surface area contributed by atoms with Gasteiger partial charge in [0.15, 0.2) is 6.10 Å². The van der Waals surface area contributed by atoms with Crippen molar-refractivity contribution in [3.63, 3.8) is 0 Å². The van der Waals surface area contributed by atoms with E-state index in [9.17, 15) is 38.4 Å². The van der Waals surface area contributed by atoms with Gasteiger partial charge in [-0.05, 0) is 120 Å². The molecule has 15 heteroatoms. The first-order valence-corrected chi connectivity index (χ1v) is 42.5. The van der Waals surface area contributed by atoms with E-state index in [2.05, 4.69) is 83.2 Å². The average molecular weight is 1460 g/mol. The van der Waals surface area contributed by atoms with E-state index in [4.69, 9.17) is 33.2 Å². The van der Waals surface area contributed by atoms with Crippen molar-refractivity contribution in [1.29, 1.82) is 0 Å². The van der Waals surface area contributed by atoms with Crippen LogP contribution >= 0.6 is 0 Å². The van der Waals surface area contributed by atoms with Gasteiger partial charge in [0.25, 0.3) is 0 Å². The van der Waals surface area contributed by atoms with Crippen LogP contribution in [-0.4, -0.2) is 80.5 Å². The van der Waals surface area contributed by atoms with E-state index in [0.717, 1.165) is 154 Å². The Morgan fingerprint density at radius 2 is 0.856 bits per heavy atom. The quantitative estimate of drug-likeness (QED) is 0.0139. The lowest BCUT2D eigenvalue weighted by Gasteiger charge is -2.22. The van der Waals surface area contributed by atoms with Gasteiger partial charge in [0, 0.05) is 19.3 Å². The minimum absolute atomic E-state index is 0.0128. The summed E-state index contributed by atoms with van der Waals surface area (Å²) in [5, 5.41) is 0. The molecule has 8 atom stereocenters. The van der Waals surface area contributed by atoms with Crippen LogP contribution in [0.3, 0.4) is 0 Å². The number of carbonyl (C=O) groups is 8. The molecule has 8 unspecified atom stereocenters. The minimum atomic E-state index is -0.917. The number of rotatable bonds is 69. The lowest BCUT2D eigenvalue weighted by Crippen LogP contribution is -2.30. The third kappa shape index (κ3) is 51.6. The molecule has 0 aliphatic carbocycles. The molecular formula is C89H148O15. The van der Waals surface area contributed by atoms with Crippen molar-refractivity contribution in [3.05, 3.63) is 72.9 Å². The predicted molar refractivity (Wildman–Crippen MR) is 420 cm³/mol. The molecule has 0 N–H and O–H groups in total. The standard InChI is InChI=1S/C89H148O15/c1-7-12-16-19-22-32-40-50-59-75(58-49-39-20-17-13-8-2)70-100-87(95)74(6)77(61-48-15-10-4)62-52-43-34-29-27-31-36-46-56-66-83(91)99-72-79(103-84(92)67-57-47-38-37-44-54-64-78(63-53-41-21-18-14-9-3)81-69-86(94)104-89(81)97)71-98-82(90)65-55-45-35-30-26-24-23-25-28-33-42-51-60-76(11-5)80-68-85(93)101-73-102-88(80)96/h23,25,33-34,42-43,51-52,54,60,62,64,74-81H,7-22,24,26-32,35-41,44-50,53,55-59,61,63,65-73H2,1-6H3/b25-23-,42-33-,43-34-,60-51+,62-52+,64-54+. The number of allylic oxidation sites excluding steroid dienone is 12. The van der Waals surface area contributed by atoms with Gasteiger partial charge < -0.3 is 33.2 Å². The van der Waals surface area contributed by atoms with E-state index in [1.54, 1.807) is 0 Å². The van der Waals surface area contributed by atoms with Gasteiger partial charge in [0.1, 0.15) is 13.2 Å². The number of ether oxygens (including phenoxy) is 7. The molecule has 2 aliphatic rings. The van der Waals surface area contributed by atoms with Crippen LogP contribution in [0.1, 0.15) is 369 Å². The van der Waals surface area contributed by atoms with E-state index in [-0.39, 0.29) is 93.7 Å². The number of hydrogen-bond acceptors (Lipinski definition) is 15. The molecule has 0 aromatic heterocycles. The molecule has 0 aromatic rings. The SMILES string of the molecule is CCCCCCCCCCC(CCCCCCCC)COC(=O)C(C)C(/C=C/C=C\CCCCCCCC(=O)OCC(COC(=O)CCCCCCC/C=C\C/C=C\C=C\C(CC)C1CC(=O)OCOC1=O)OC(=O)CCCCCC/C=C/C(CCCCCCCC)C1CC(=O)OC1=O)CCCCC. The molecule has 2 heterocycles. The lowest BCUT2D eigenvalue weighted by atomic mass is 9.86. The summed E-state index contributed by atoms with van der Waals surface area (Å²) in [6, 6.07) is 0. The van der Waals surface area contributed by atoms with Crippen molar-refractivity contribution in [1.82, 2.24) is 0 Å². The maximum atomic E-state index is 13.6. The Balaban J connectivity index is 1.84. The first-order chi connectivity index (χ1) is 50.8. The van der Waals surface area contributed by atoms with Gasteiger partial charge in [-0.15, -0.1) is 0 Å². The zero-order valence-electron chi connectivity index (χ0n) is 66.6. The smallest absolute Gasteiger partial charge is 0.317 e. The Morgan fingerprint density at radius 3 is 1.40 bits per heavy atom. The fourth-order valence-corrected chi connectivity index (χ4v) is 13.8. The van der Waals surface area contributed by atoms with E-state index >= 15 is 0 Å². The zero-order chi connectivity index (χ0) is 75.6. The Bertz CT molecular complexity index is 2420. The van der Waals surface area contributed by atoms with Crippen LogP contribution in [0.15, 0.2) is 72.9 Å². The maximum absolute atomic E-state index is 13.6. The molecular weight excluding hydrogens is 1310 g/mol.